The summed E-state index contributed by atoms with van der Waals surface area (Å²) in [5.74, 6) is 0. The van der Waals surface area contributed by atoms with Crippen molar-refractivity contribution >= 4 is 0 Å². The Morgan fingerprint density at radius 2 is 1.75 bits per heavy atom. The maximum atomic E-state index is 3.31. The fourth-order valence-corrected chi connectivity index (χ4v) is 1.31. The Kier molecular flexibility index (Phi) is 1.71. The number of rotatable bonds is 0. The molecule has 0 saturated heterocycles. The van der Waals surface area contributed by atoms with Gasteiger partial charge in [0, 0.05) is 11.4 Å². The van der Waals surface area contributed by atoms with Crippen LogP contribution in [0.3, 0.4) is 0 Å². The molecule has 1 N–H and O–H groups in total. The molecule has 2 aliphatic rings. The standard InChI is InChI=1S/C11H11N/c1-9-5-4-8-11(12-9)10-6-2-3-7-10/h2-8,12H,1H3. The summed E-state index contributed by atoms with van der Waals surface area (Å²) < 4.78 is 0. The molecule has 0 aromatic rings. The highest BCUT2D eigenvalue weighted by Gasteiger charge is 2.03. The van der Waals surface area contributed by atoms with Crippen LogP contribution < -0.4 is 5.32 Å². The highest BCUT2D eigenvalue weighted by Crippen LogP contribution is 2.15. The lowest BCUT2D eigenvalue weighted by Gasteiger charge is -2.12. The molecule has 0 aromatic heterocycles. The van der Waals surface area contributed by atoms with Crippen LogP contribution in [0.2, 0.25) is 0 Å². The van der Waals surface area contributed by atoms with Crippen molar-refractivity contribution in [3.8, 4) is 0 Å². The van der Waals surface area contributed by atoms with E-state index >= 15 is 0 Å². The lowest BCUT2D eigenvalue weighted by atomic mass is 10.1. The number of hydrogen-bond acceptors (Lipinski definition) is 1. The van der Waals surface area contributed by atoms with Gasteiger partial charge in [0.15, 0.2) is 0 Å². The molecular weight excluding hydrogens is 146 g/mol. The smallest absolute Gasteiger partial charge is 0.0455 e. The van der Waals surface area contributed by atoms with Gasteiger partial charge in [-0.2, -0.15) is 0 Å². The molecule has 1 aliphatic carbocycles. The molecule has 2 rings (SSSR count). The van der Waals surface area contributed by atoms with Crippen molar-refractivity contribution in [1.29, 1.82) is 0 Å². The summed E-state index contributed by atoms with van der Waals surface area (Å²) in [6.07, 6.45) is 14.5. The van der Waals surface area contributed by atoms with Crippen LogP contribution in [-0.2, 0) is 0 Å². The molecule has 0 spiro atoms. The van der Waals surface area contributed by atoms with E-state index in [0.717, 1.165) is 0 Å². The van der Waals surface area contributed by atoms with Gasteiger partial charge in [-0.05, 0) is 24.6 Å². The second kappa shape index (κ2) is 2.86. The molecule has 1 nitrogen and oxygen atoms in total. The van der Waals surface area contributed by atoms with Crippen molar-refractivity contribution in [3.05, 3.63) is 59.5 Å². The van der Waals surface area contributed by atoms with E-state index in [9.17, 15) is 0 Å². The van der Waals surface area contributed by atoms with Crippen molar-refractivity contribution in [3.63, 3.8) is 0 Å². The van der Waals surface area contributed by atoms with Crippen LogP contribution in [0, 0.1) is 0 Å². The van der Waals surface area contributed by atoms with E-state index < -0.39 is 0 Å². The first-order valence-corrected chi connectivity index (χ1v) is 4.07. The minimum Gasteiger partial charge on any atom is -0.359 e. The monoisotopic (exact) mass is 157 g/mol. The van der Waals surface area contributed by atoms with Crippen LogP contribution in [0.1, 0.15) is 6.92 Å². The van der Waals surface area contributed by atoms with E-state index in [0.29, 0.717) is 0 Å². The van der Waals surface area contributed by atoms with Crippen molar-refractivity contribution in [2.24, 2.45) is 0 Å². The molecule has 0 atom stereocenters. The van der Waals surface area contributed by atoms with Gasteiger partial charge >= 0.3 is 0 Å². The Labute approximate surface area is 72.5 Å². The van der Waals surface area contributed by atoms with Gasteiger partial charge in [0.25, 0.3) is 0 Å². The Hall–Kier alpha value is -1.50. The Morgan fingerprint density at radius 1 is 1.00 bits per heavy atom. The van der Waals surface area contributed by atoms with Crippen LogP contribution in [0.4, 0.5) is 0 Å². The van der Waals surface area contributed by atoms with Crippen molar-refractivity contribution in [2.45, 2.75) is 6.92 Å². The summed E-state index contributed by atoms with van der Waals surface area (Å²) in [5, 5.41) is 3.31. The summed E-state index contributed by atoms with van der Waals surface area (Å²) in [6.45, 7) is 2.06. The highest BCUT2D eigenvalue weighted by molar-refractivity contribution is 5.48. The van der Waals surface area contributed by atoms with Crippen molar-refractivity contribution in [2.75, 3.05) is 0 Å². The molecule has 1 aliphatic heterocycles. The predicted octanol–water partition coefficient (Wildman–Crippen LogP) is 2.43. The lowest BCUT2D eigenvalue weighted by molar-refractivity contribution is 0.981. The topological polar surface area (TPSA) is 12.0 Å². The SMILES string of the molecule is CC1=CC=CC(=C2C=CC=C2)N1. The molecule has 0 fully saturated rings. The number of dihydropyridines is 1. The van der Waals surface area contributed by atoms with Crippen LogP contribution in [0.5, 0.6) is 0 Å². The predicted molar refractivity (Wildman–Crippen MR) is 51.3 cm³/mol. The third-order valence-electron chi connectivity index (χ3n) is 1.91. The molecule has 1 heterocycles. The fraction of sp³-hybridized carbons (Fsp3) is 0.0909. The second-order valence-corrected chi connectivity index (χ2v) is 2.92. The van der Waals surface area contributed by atoms with Gasteiger partial charge in [-0.3, -0.25) is 0 Å². The van der Waals surface area contributed by atoms with Crippen LogP contribution in [0.25, 0.3) is 0 Å². The molecule has 0 unspecified atom stereocenters. The van der Waals surface area contributed by atoms with Crippen molar-refractivity contribution in [1.82, 2.24) is 5.32 Å². The molecular formula is C11H11N. The van der Waals surface area contributed by atoms with E-state index in [1.807, 2.05) is 12.2 Å². The van der Waals surface area contributed by atoms with Gasteiger partial charge in [0.2, 0.25) is 0 Å². The van der Waals surface area contributed by atoms with Gasteiger partial charge < -0.3 is 5.32 Å². The molecule has 0 bridgehead atoms. The van der Waals surface area contributed by atoms with Crippen molar-refractivity contribution < 1.29 is 0 Å². The van der Waals surface area contributed by atoms with E-state index in [2.05, 4.69) is 42.6 Å². The zero-order valence-electron chi connectivity index (χ0n) is 7.04. The summed E-state index contributed by atoms with van der Waals surface area (Å²) in [7, 11) is 0. The van der Waals surface area contributed by atoms with Crippen LogP contribution in [0.15, 0.2) is 59.5 Å². The van der Waals surface area contributed by atoms with E-state index in [1.54, 1.807) is 0 Å². The lowest BCUT2D eigenvalue weighted by Crippen LogP contribution is -2.12. The third kappa shape index (κ3) is 1.26. The summed E-state index contributed by atoms with van der Waals surface area (Å²) in [6, 6.07) is 0. The fourth-order valence-electron chi connectivity index (χ4n) is 1.31. The first-order chi connectivity index (χ1) is 5.86. The number of nitrogens with one attached hydrogen (secondary N) is 1. The molecule has 0 radical (unpaired) electrons. The number of allylic oxidation sites excluding steroid dienone is 9. The molecule has 12 heavy (non-hydrogen) atoms. The zero-order chi connectivity index (χ0) is 8.39. The average molecular weight is 157 g/mol. The summed E-state index contributed by atoms with van der Waals surface area (Å²) >= 11 is 0. The quantitative estimate of drug-likeness (QED) is 0.569. The van der Waals surface area contributed by atoms with Crippen LogP contribution in [-0.4, -0.2) is 0 Å². The largest absolute Gasteiger partial charge is 0.359 e. The maximum absolute atomic E-state index is 3.31. The van der Waals surface area contributed by atoms with E-state index in [4.69, 9.17) is 0 Å². The minimum atomic E-state index is 1.18. The van der Waals surface area contributed by atoms with Gasteiger partial charge in [0.05, 0.1) is 0 Å². The van der Waals surface area contributed by atoms with Gasteiger partial charge in [-0.1, -0.05) is 30.4 Å². The maximum Gasteiger partial charge on any atom is 0.0455 e. The number of hydrogen-bond donors (Lipinski definition) is 1. The van der Waals surface area contributed by atoms with E-state index in [-0.39, 0.29) is 0 Å². The zero-order valence-corrected chi connectivity index (χ0v) is 7.04. The third-order valence-corrected chi connectivity index (χ3v) is 1.91. The van der Waals surface area contributed by atoms with Gasteiger partial charge in [-0.15, -0.1) is 0 Å². The second-order valence-electron chi connectivity index (χ2n) is 2.92. The highest BCUT2D eigenvalue weighted by atomic mass is 14.9. The molecule has 0 amide bonds. The molecule has 0 saturated carbocycles. The first-order valence-electron chi connectivity index (χ1n) is 4.07. The Balaban J connectivity index is 2.33. The summed E-state index contributed by atoms with van der Waals surface area (Å²) in [4.78, 5) is 0. The van der Waals surface area contributed by atoms with Gasteiger partial charge in [0.1, 0.15) is 0 Å². The molecule has 60 valence electrons. The molecule has 0 aromatic carbocycles. The van der Waals surface area contributed by atoms with E-state index in [1.165, 1.54) is 17.0 Å². The normalized spacial score (nSPS) is 19.9. The van der Waals surface area contributed by atoms with Crippen LogP contribution >= 0.6 is 0 Å². The Bertz CT molecular complexity index is 324. The minimum absolute atomic E-state index is 1.18. The summed E-state index contributed by atoms with van der Waals surface area (Å²) in [5.41, 5.74) is 3.62. The van der Waals surface area contributed by atoms with Gasteiger partial charge in [-0.25, -0.2) is 0 Å². The average Bonchev–Trinajstić information content (AvgIpc) is 2.56. The molecule has 1 heteroatoms. The Morgan fingerprint density at radius 3 is 2.42 bits per heavy atom. The first kappa shape index (κ1) is 7.17.